The molecule has 15 heavy (non-hydrogen) atoms. The lowest BCUT2D eigenvalue weighted by molar-refractivity contribution is 0.0139. The van der Waals surface area contributed by atoms with E-state index in [1.807, 2.05) is 10.9 Å². The molecule has 2 rings (SSSR count). The number of halogens is 1. The highest BCUT2D eigenvalue weighted by Crippen LogP contribution is 2.32. The molecule has 1 fully saturated rings. The number of aromatic nitrogens is 2. The van der Waals surface area contributed by atoms with Crippen molar-refractivity contribution in [1.29, 1.82) is 0 Å². The Hall–Kier alpha value is -0.550. The molecule has 1 aliphatic heterocycles. The van der Waals surface area contributed by atoms with Crippen LogP contribution in [-0.4, -0.2) is 23.0 Å². The Balaban J connectivity index is 2.06. The summed E-state index contributed by atoms with van der Waals surface area (Å²) in [6.45, 7) is 4.90. The van der Waals surface area contributed by atoms with Gasteiger partial charge in [0.05, 0.1) is 4.47 Å². The molecule has 0 aliphatic carbocycles. The lowest BCUT2D eigenvalue weighted by Crippen LogP contribution is -2.31. The molecular formula is C10H16BrN3O. The molecule has 84 valence electrons. The molecule has 1 aliphatic rings. The Morgan fingerprint density at radius 1 is 1.60 bits per heavy atom. The van der Waals surface area contributed by atoms with Crippen molar-refractivity contribution in [2.45, 2.75) is 26.3 Å². The van der Waals surface area contributed by atoms with Gasteiger partial charge in [0.15, 0.2) is 5.82 Å². The van der Waals surface area contributed by atoms with Crippen LogP contribution in [0.25, 0.3) is 0 Å². The number of hydrogen-bond acceptors (Lipinski definition) is 3. The second kappa shape index (κ2) is 4.14. The first-order valence-corrected chi connectivity index (χ1v) is 5.95. The van der Waals surface area contributed by atoms with Crippen molar-refractivity contribution in [3.05, 3.63) is 10.7 Å². The SMILES string of the molecule is CC1(Cn2cc(Br)c(N)n2)CCOCC1. The Morgan fingerprint density at radius 2 is 2.27 bits per heavy atom. The van der Waals surface area contributed by atoms with E-state index >= 15 is 0 Å². The molecule has 5 heteroatoms. The molecule has 0 bridgehead atoms. The minimum Gasteiger partial charge on any atom is -0.381 e. The van der Waals surface area contributed by atoms with Crippen LogP contribution >= 0.6 is 15.9 Å². The zero-order valence-corrected chi connectivity index (χ0v) is 10.5. The van der Waals surface area contributed by atoms with Crippen LogP contribution < -0.4 is 5.73 Å². The summed E-state index contributed by atoms with van der Waals surface area (Å²) in [5.74, 6) is 0.561. The molecule has 2 N–H and O–H groups in total. The van der Waals surface area contributed by atoms with Crippen LogP contribution in [0.15, 0.2) is 10.7 Å². The van der Waals surface area contributed by atoms with E-state index in [-0.39, 0.29) is 5.41 Å². The zero-order chi connectivity index (χ0) is 10.9. The van der Waals surface area contributed by atoms with E-state index in [0.717, 1.165) is 37.1 Å². The minimum absolute atomic E-state index is 0.288. The third-order valence-electron chi connectivity index (χ3n) is 2.99. The van der Waals surface area contributed by atoms with Gasteiger partial charge in [0.1, 0.15) is 0 Å². The van der Waals surface area contributed by atoms with Crippen LogP contribution in [0.2, 0.25) is 0 Å². The van der Waals surface area contributed by atoms with Crippen molar-refractivity contribution in [2.24, 2.45) is 5.41 Å². The number of anilines is 1. The molecule has 0 radical (unpaired) electrons. The second-order valence-corrected chi connectivity index (χ2v) is 5.34. The van der Waals surface area contributed by atoms with E-state index in [9.17, 15) is 0 Å². The summed E-state index contributed by atoms with van der Waals surface area (Å²) in [4.78, 5) is 0. The maximum atomic E-state index is 5.69. The van der Waals surface area contributed by atoms with Crippen molar-refractivity contribution in [3.63, 3.8) is 0 Å². The van der Waals surface area contributed by atoms with Gasteiger partial charge in [-0.2, -0.15) is 5.10 Å². The van der Waals surface area contributed by atoms with E-state index < -0.39 is 0 Å². The highest BCUT2D eigenvalue weighted by molar-refractivity contribution is 9.10. The number of nitrogens with two attached hydrogens (primary N) is 1. The standard InChI is InChI=1S/C10H16BrN3O/c1-10(2-4-15-5-3-10)7-14-6-8(11)9(12)13-14/h6H,2-5,7H2,1H3,(H2,12,13). The molecule has 0 aromatic carbocycles. The van der Waals surface area contributed by atoms with Crippen LogP contribution in [-0.2, 0) is 11.3 Å². The Morgan fingerprint density at radius 3 is 2.80 bits per heavy atom. The fourth-order valence-corrected chi connectivity index (χ4v) is 2.22. The summed E-state index contributed by atoms with van der Waals surface area (Å²) >= 11 is 3.37. The number of ether oxygens (including phenoxy) is 1. The first-order valence-electron chi connectivity index (χ1n) is 5.15. The monoisotopic (exact) mass is 273 g/mol. The average molecular weight is 274 g/mol. The summed E-state index contributed by atoms with van der Waals surface area (Å²) < 4.78 is 8.16. The van der Waals surface area contributed by atoms with E-state index in [1.54, 1.807) is 0 Å². The smallest absolute Gasteiger partial charge is 0.159 e. The topological polar surface area (TPSA) is 53.1 Å². The summed E-state index contributed by atoms with van der Waals surface area (Å²) in [5, 5.41) is 4.26. The Labute approximate surface area is 97.9 Å². The summed E-state index contributed by atoms with van der Waals surface area (Å²) in [7, 11) is 0. The number of rotatable bonds is 2. The molecule has 1 saturated heterocycles. The average Bonchev–Trinajstić information content (AvgIpc) is 2.46. The lowest BCUT2D eigenvalue weighted by Gasteiger charge is -2.33. The quantitative estimate of drug-likeness (QED) is 0.898. The van der Waals surface area contributed by atoms with Gasteiger partial charge in [-0.3, -0.25) is 4.68 Å². The molecule has 4 nitrogen and oxygen atoms in total. The molecule has 2 heterocycles. The Bertz CT molecular complexity index is 325. The normalized spacial score (nSPS) is 20.4. The van der Waals surface area contributed by atoms with Crippen molar-refractivity contribution >= 4 is 21.7 Å². The number of nitrogens with zero attached hydrogens (tertiary/aromatic N) is 2. The molecule has 1 aromatic heterocycles. The summed E-state index contributed by atoms with van der Waals surface area (Å²) in [5.41, 5.74) is 5.97. The van der Waals surface area contributed by atoms with Gasteiger partial charge in [0.2, 0.25) is 0 Å². The minimum atomic E-state index is 0.288. The first-order chi connectivity index (χ1) is 7.09. The highest BCUT2D eigenvalue weighted by atomic mass is 79.9. The second-order valence-electron chi connectivity index (χ2n) is 4.48. The fourth-order valence-electron chi connectivity index (χ4n) is 1.91. The molecule has 0 atom stereocenters. The summed E-state index contributed by atoms with van der Waals surface area (Å²) in [6, 6.07) is 0. The van der Waals surface area contributed by atoms with Gasteiger partial charge in [0, 0.05) is 26.0 Å². The van der Waals surface area contributed by atoms with E-state index in [1.165, 1.54) is 0 Å². The largest absolute Gasteiger partial charge is 0.381 e. The van der Waals surface area contributed by atoms with Crippen LogP contribution in [0.1, 0.15) is 19.8 Å². The predicted molar refractivity (Wildman–Crippen MR) is 62.5 cm³/mol. The molecule has 1 aromatic rings. The van der Waals surface area contributed by atoms with Crippen LogP contribution in [0.4, 0.5) is 5.82 Å². The third kappa shape index (κ3) is 2.52. The Kier molecular flexibility index (Phi) is 3.02. The summed E-state index contributed by atoms with van der Waals surface area (Å²) in [6.07, 6.45) is 4.12. The van der Waals surface area contributed by atoms with E-state index in [2.05, 4.69) is 28.0 Å². The van der Waals surface area contributed by atoms with Crippen molar-refractivity contribution in [2.75, 3.05) is 18.9 Å². The maximum absolute atomic E-state index is 5.69. The van der Waals surface area contributed by atoms with Crippen LogP contribution in [0.5, 0.6) is 0 Å². The fraction of sp³-hybridized carbons (Fsp3) is 0.700. The number of nitrogen functional groups attached to an aromatic ring is 1. The zero-order valence-electron chi connectivity index (χ0n) is 8.87. The molecular weight excluding hydrogens is 258 g/mol. The van der Waals surface area contributed by atoms with Crippen LogP contribution in [0, 0.1) is 5.41 Å². The van der Waals surface area contributed by atoms with Crippen LogP contribution in [0.3, 0.4) is 0 Å². The van der Waals surface area contributed by atoms with Gasteiger partial charge < -0.3 is 10.5 Å². The van der Waals surface area contributed by atoms with Crippen molar-refractivity contribution in [3.8, 4) is 0 Å². The molecule has 0 unspecified atom stereocenters. The van der Waals surface area contributed by atoms with E-state index in [0.29, 0.717) is 5.82 Å². The van der Waals surface area contributed by atoms with Crippen molar-refractivity contribution in [1.82, 2.24) is 9.78 Å². The van der Waals surface area contributed by atoms with Gasteiger partial charge in [-0.15, -0.1) is 0 Å². The third-order valence-corrected chi connectivity index (χ3v) is 3.60. The van der Waals surface area contributed by atoms with Gasteiger partial charge in [-0.25, -0.2) is 0 Å². The van der Waals surface area contributed by atoms with Gasteiger partial charge in [-0.05, 0) is 34.2 Å². The van der Waals surface area contributed by atoms with Crippen molar-refractivity contribution < 1.29 is 4.74 Å². The molecule has 0 spiro atoms. The highest BCUT2D eigenvalue weighted by Gasteiger charge is 2.28. The van der Waals surface area contributed by atoms with Gasteiger partial charge >= 0.3 is 0 Å². The number of hydrogen-bond donors (Lipinski definition) is 1. The van der Waals surface area contributed by atoms with Gasteiger partial charge in [-0.1, -0.05) is 6.92 Å². The first kappa shape index (κ1) is 11.0. The predicted octanol–water partition coefficient (Wildman–Crippen LogP) is 2.04. The lowest BCUT2D eigenvalue weighted by atomic mass is 9.82. The maximum Gasteiger partial charge on any atom is 0.159 e. The molecule has 0 amide bonds. The van der Waals surface area contributed by atoms with E-state index in [4.69, 9.17) is 10.5 Å². The molecule has 0 saturated carbocycles. The van der Waals surface area contributed by atoms with Gasteiger partial charge in [0.25, 0.3) is 0 Å².